The molecule has 0 aromatic heterocycles. The van der Waals surface area contributed by atoms with Gasteiger partial charge in [-0.15, -0.1) is 0 Å². The quantitative estimate of drug-likeness (QED) is 0.843. The molecular weight excluding hydrogens is 256 g/mol. The topological polar surface area (TPSA) is 72.5 Å². The van der Waals surface area contributed by atoms with E-state index in [1.54, 1.807) is 7.05 Å². The lowest BCUT2D eigenvalue weighted by Crippen LogP contribution is -2.51. The van der Waals surface area contributed by atoms with Crippen LogP contribution in [-0.2, 0) is 11.3 Å². The zero-order chi connectivity index (χ0) is 15.1. The average Bonchev–Trinajstić information content (AvgIpc) is 2.38. The Bertz CT molecular complexity index is 446. The summed E-state index contributed by atoms with van der Waals surface area (Å²) in [5, 5.41) is 13.5. The second-order valence-corrected chi connectivity index (χ2v) is 5.29. The lowest BCUT2D eigenvalue weighted by molar-refractivity contribution is -0.308. The van der Waals surface area contributed by atoms with E-state index in [9.17, 15) is 14.7 Å². The highest BCUT2D eigenvalue weighted by molar-refractivity contribution is 5.81. The molecule has 5 nitrogen and oxygen atoms in total. The maximum absolute atomic E-state index is 12.0. The van der Waals surface area contributed by atoms with Crippen LogP contribution < -0.4 is 10.4 Å². The molecule has 1 aromatic rings. The number of carbonyl (C=O) groups is 2. The summed E-state index contributed by atoms with van der Waals surface area (Å²) < 4.78 is 0. The number of nitrogens with one attached hydrogen (secondary N) is 1. The maximum atomic E-state index is 12.0. The summed E-state index contributed by atoms with van der Waals surface area (Å²) in [6.07, 6.45) is 0.354. The monoisotopic (exact) mass is 277 g/mol. The Balaban J connectivity index is 2.57. The summed E-state index contributed by atoms with van der Waals surface area (Å²) in [4.78, 5) is 24.4. The third-order valence-electron chi connectivity index (χ3n) is 2.90. The largest absolute Gasteiger partial charge is 0.548 e. The standard InChI is InChI=1S/C15H22N2O3/c1-11(2)9-13(14(18)19)16-15(20)17(3)10-12-7-5-4-6-8-12/h4-8,11,13H,9-10H2,1-3H3,(H,16,20)(H,18,19)/p-1/t13-/m0/s1. The summed E-state index contributed by atoms with van der Waals surface area (Å²) in [5.74, 6) is -1.09. The number of aliphatic carboxylic acids is 1. The predicted octanol–water partition coefficient (Wildman–Crippen LogP) is 0.993. The first kappa shape index (κ1) is 16.0. The van der Waals surface area contributed by atoms with Crippen LogP contribution in [-0.4, -0.2) is 30.0 Å². The summed E-state index contributed by atoms with van der Waals surface area (Å²) in [6.45, 7) is 4.22. The van der Waals surface area contributed by atoms with Crippen LogP contribution in [0.4, 0.5) is 4.79 Å². The van der Waals surface area contributed by atoms with Gasteiger partial charge in [-0.25, -0.2) is 4.79 Å². The van der Waals surface area contributed by atoms with Crippen molar-refractivity contribution in [3.05, 3.63) is 35.9 Å². The Morgan fingerprint density at radius 2 is 1.85 bits per heavy atom. The number of carboxylic acids is 1. The fraction of sp³-hybridized carbons (Fsp3) is 0.467. The number of amides is 2. The first-order chi connectivity index (χ1) is 9.40. The van der Waals surface area contributed by atoms with Crippen LogP contribution in [0.2, 0.25) is 0 Å². The van der Waals surface area contributed by atoms with Crippen LogP contribution in [0.5, 0.6) is 0 Å². The van der Waals surface area contributed by atoms with E-state index in [0.29, 0.717) is 13.0 Å². The van der Waals surface area contributed by atoms with Crippen molar-refractivity contribution in [2.24, 2.45) is 5.92 Å². The molecule has 0 spiro atoms. The van der Waals surface area contributed by atoms with Gasteiger partial charge in [0, 0.05) is 13.6 Å². The van der Waals surface area contributed by atoms with Crippen LogP contribution in [0.1, 0.15) is 25.8 Å². The van der Waals surface area contributed by atoms with Crippen molar-refractivity contribution >= 4 is 12.0 Å². The highest BCUT2D eigenvalue weighted by atomic mass is 16.4. The van der Waals surface area contributed by atoms with Crippen molar-refractivity contribution < 1.29 is 14.7 Å². The normalized spacial score (nSPS) is 12.0. The van der Waals surface area contributed by atoms with E-state index in [1.165, 1.54) is 4.90 Å². The molecule has 0 bridgehead atoms. The zero-order valence-electron chi connectivity index (χ0n) is 12.1. The number of carbonyl (C=O) groups excluding carboxylic acids is 2. The van der Waals surface area contributed by atoms with Crippen molar-refractivity contribution in [3.8, 4) is 0 Å². The SMILES string of the molecule is CC(C)C[C@H](NC(=O)N(C)Cc1ccccc1)C(=O)[O-]. The molecule has 5 heteroatoms. The number of hydrogen-bond donors (Lipinski definition) is 1. The van der Waals surface area contributed by atoms with Gasteiger partial charge < -0.3 is 20.1 Å². The number of urea groups is 1. The van der Waals surface area contributed by atoms with Crippen molar-refractivity contribution in [1.29, 1.82) is 0 Å². The van der Waals surface area contributed by atoms with Gasteiger partial charge in [-0.1, -0.05) is 44.2 Å². The minimum Gasteiger partial charge on any atom is -0.548 e. The minimum absolute atomic E-state index is 0.164. The van der Waals surface area contributed by atoms with E-state index in [4.69, 9.17) is 0 Å². The number of nitrogens with zero attached hydrogens (tertiary/aromatic N) is 1. The molecule has 0 radical (unpaired) electrons. The molecule has 0 unspecified atom stereocenters. The summed E-state index contributed by atoms with van der Waals surface area (Å²) in [7, 11) is 1.63. The van der Waals surface area contributed by atoms with Gasteiger partial charge >= 0.3 is 6.03 Å². The predicted molar refractivity (Wildman–Crippen MR) is 74.7 cm³/mol. The summed E-state index contributed by atoms with van der Waals surface area (Å²) >= 11 is 0. The van der Waals surface area contributed by atoms with Gasteiger partial charge in [0.05, 0.1) is 12.0 Å². The molecule has 0 saturated heterocycles. The number of hydrogen-bond acceptors (Lipinski definition) is 3. The molecule has 0 aliphatic heterocycles. The van der Waals surface area contributed by atoms with E-state index >= 15 is 0 Å². The highest BCUT2D eigenvalue weighted by Crippen LogP contribution is 2.06. The van der Waals surface area contributed by atoms with Gasteiger partial charge in [0.15, 0.2) is 0 Å². The van der Waals surface area contributed by atoms with Crippen molar-refractivity contribution in [2.75, 3.05) is 7.05 Å². The second kappa shape index (κ2) is 7.53. The first-order valence-corrected chi connectivity index (χ1v) is 6.66. The van der Waals surface area contributed by atoms with Crippen LogP contribution in [0.15, 0.2) is 30.3 Å². The smallest absolute Gasteiger partial charge is 0.317 e. The van der Waals surface area contributed by atoms with Crippen LogP contribution >= 0.6 is 0 Å². The van der Waals surface area contributed by atoms with E-state index in [-0.39, 0.29) is 5.92 Å². The number of rotatable bonds is 6. The molecule has 0 saturated carbocycles. The van der Waals surface area contributed by atoms with Crippen molar-refractivity contribution in [1.82, 2.24) is 10.2 Å². The molecule has 1 rings (SSSR count). The molecule has 1 aromatic carbocycles. The zero-order valence-corrected chi connectivity index (χ0v) is 12.1. The molecule has 0 fully saturated rings. The first-order valence-electron chi connectivity index (χ1n) is 6.66. The Labute approximate surface area is 119 Å². The van der Waals surface area contributed by atoms with Gasteiger partial charge in [0.25, 0.3) is 0 Å². The maximum Gasteiger partial charge on any atom is 0.317 e. The van der Waals surface area contributed by atoms with E-state index in [2.05, 4.69) is 5.32 Å². The number of carboxylic acid groups (broad SMARTS) is 1. The fourth-order valence-electron chi connectivity index (χ4n) is 1.87. The summed E-state index contributed by atoms with van der Waals surface area (Å²) in [5.41, 5.74) is 0.985. The molecule has 0 aliphatic rings. The molecule has 1 N–H and O–H groups in total. The summed E-state index contributed by atoms with van der Waals surface area (Å²) in [6, 6.07) is 8.14. The van der Waals surface area contributed by atoms with E-state index < -0.39 is 18.0 Å². The van der Waals surface area contributed by atoms with E-state index in [1.807, 2.05) is 44.2 Å². The molecular formula is C15H21N2O3-. The van der Waals surface area contributed by atoms with Gasteiger partial charge in [-0.05, 0) is 17.9 Å². The van der Waals surface area contributed by atoms with Gasteiger partial charge in [-0.2, -0.15) is 0 Å². The Hall–Kier alpha value is -2.04. The Morgan fingerprint density at radius 1 is 1.25 bits per heavy atom. The molecule has 0 heterocycles. The van der Waals surface area contributed by atoms with Gasteiger partial charge in [0.1, 0.15) is 0 Å². The Morgan fingerprint density at radius 3 is 2.35 bits per heavy atom. The molecule has 2 amide bonds. The highest BCUT2D eigenvalue weighted by Gasteiger charge is 2.17. The third-order valence-corrected chi connectivity index (χ3v) is 2.90. The van der Waals surface area contributed by atoms with Crippen molar-refractivity contribution in [3.63, 3.8) is 0 Å². The van der Waals surface area contributed by atoms with Gasteiger partial charge in [-0.3, -0.25) is 0 Å². The molecule has 110 valence electrons. The third kappa shape index (κ3) is 5.30. The van der Waals surface area contributed by atoms with E-state index in [0.717, 1.165) is 5.56 Å². The van der Waals surface area contributed by atoms with Crippen molar-refractivity contribution in [2.45, 2.75) is 32.9 Å². The van der Waals surface area contributed by atoms with Crippen LogP contribution in [0, 0.1) is 5.92 Å². The Kier molecular flexibility index (Phi) is 6.03. The molecule has 0 aliphatic carbocycles. The number of benzene rings is 1. The van der Waals surface area contributed by atoms with Crippen LogP contribution in [0.25, 0.3) is 0 Å². The molecule has 1 atom stereocenters. The second-order valence-electron chi connectivity index (χ2n) is 5.29. The molecule has 20 heavy (non-hydrogen) atoms. The lowest BCUT2D eigenvalue weighted by atomic mass is 10.0. The fourth-order valence-corrected chi connectivity index (χ4v) is 1.87. The lowest BCUT2D eigenvalue weighted by Gasteiger charge is -2.25. The van der Waals surface area contributed by atoms with Crippen LogP contribution in [0.3, 0.4) is 0 Å². The minimum atomic E-state index is -1.25. The van der Waals surface area contributed by atoms with Gasteiger partial charge in [0.2, 0.25) is 0 Å². The average molecular weight is 277 g/mol.